The van der Waals surface area contributed by atoms with Gasteiger partial charge in [-0.15, -0.1) is 0 Å². The molecule has 6 aromatic rings. The SMILES string of the molecule is CCCCCCCCCCCCOS(=O)(=O)[O-].CCCCCCCCCCCCOS(=O)(=O)[O-].COc1ccc2cc3[n+](cc2c1OC)CCc1cc2c(cc1-3)OCO2.COc1ccc2cc3[n+](cc2c1OC)CCc1cc2c(cc1-3)OCO2.O. The Labute approximate surface area is 503 Å². The lowest BCUT2D eigenvalue weighted by Gasteiger charge is -2.17. The molecule has 4 aliphatic rings. The lowest BCUT2D eigenvalue weighted by atomic mass is 9.95. The molecule has 0 unspecified atom stereocenters. The molecule has 468 valence electrons. The molecule has 2 N–H and O–H groups in total. The summed E-state index contributed by atoms with van der Waals surface area (Å²) in [4.78, 5) is 0. The van der Waals surface area contributed by atoms with Crippen LogP contribution >= 0.6 is 0 Å². The van der Waals surface area contributed by atoms with Gasteiger partial charge in [-0.1, -0.05) is 129 Å². The lowest BCUT2D eigenvalue weighted by molar-refractivity contribution is -0.686. The summed E-state index contributed by atoms with van der Waals surface area (Å²) in [5.41, 5.74) is 7.35. The van der Waals surface area contributed by atoms with E-state index in [9.17, 15) is 25.9 Å². The van der Waals surface area contributed by atoms with Crippen LogP contribution in [0.1, 0.15) is 153 Å². The Morgan fingerprint density at radius 1 is 0.447 bits per heavy atom. The molecule has 0 aliphatic carbocycles. The standard InChI is InChI=1S/2C20H18NO4.2C12H26O4S.H2O/c2*1-22-17-4-3-12-7-16-14-9-19-18(24-11-25-19)8-13(14)5-6-21(16)10-15(12)20(17)23-2;2*1-2-3-4-5-6-7-8-9-10-11-12-16-17(13,14)15;/h2*3-4,7-10H,5-6,11H2,1-2H3;2*2-12H2,1H3,(H,13,14,15);1H2/q2*+1;;;/p-2. The third-order valence-corrected chi connectivity index (χ3v) is 16.4. The van der Waals surface area contributed by atoms with Crippen LogP contribution < -0.4 is 47.0 Å². The first-order valence-electron chi connectivity index (χ1n) is 29.9. The number of fused-ring (bicyclic) bond motifs is 10. The summed E-state index contributed by atoms with van der Waals surface area (Å²) in [6.45, 7) is 6.91. The van der Waals surface area contributed by atoms with E-state index in [1.807, 2.05) is 12.1 Å². The lowest BCUT2D eigenvalue weighted by Crippen LogP contribution is -2.40. The maximum Gasteiger partial charge on any atom is 0.231 e. The second-order valence-electron chi connectivity index (χ2n) is 21.4. The third-order valence-electron chi connectivity index (χ3n) is 15.5. The summed E-state index contributed by atoms with van der Waals surface area (Å²) in [5.74, 6) is 6.36. The topological polar surface area (TPSA) is 246 Å². The van der Waals surface area contributed by atoms with Gasteiger partial charge < -0.3 is 52.5 Å². The minimum atomic E-state index is -4.48. The molecule has 0 fully saturated rings. The number of methoxy groups -OCH3 is 4. The van der Waals surface area contributed by atoms with E-state index in [0.29, 0.717) is 26.4 Å². The molecule has 21 heteroatoms. The molecule has 85 heavy (non-hydrogen) atoms. The van der Waals surface area contributed by atoms with Gasteiger partial charge in [0, 0.05) is 25.0 Å². The van der Waals surface area contributed by atoms with Gasteiger partial charge in [-0.05, 0) is 83.3 Å². The normalized spacial score (nSPS) is 13.1. The number of nitrogens with zero attached hydrogens (tertiary/aromatic N) is 2. The Bertz CT molecular complexity index is 3100. The molecule has 4 aliphatic heterocycles. The predicted molar refractivity (Wildman–Crippen MR) is 324 cm³/mol. The fourth-order valence-electron chi connectivity index (χ4n) is 11.0. The summed E-state index contributed by atoms with van der Waals surface area (Å²) in [6.07, 6.45) is 29.6. The molecule has 4 aromatic carbocycles. The zero-order valence-electron chi connectivity index (χ0n) is 50.5. The van der Waals surface area contributed by atoms with E-state index in [4.69, 9.17) is 37.9 Å². The quantitative estimate of drug-likeness (QED) is 0.0192. The third kappa shape index (κ3) is 19.9. The van der Waals surface area contributed by atoms with Crippen molar-refractivity contribution in [3.05, 3.63) is 84.2 Å². The molecule has 0 atom stereocenters. The second-order valence-corrected chi connectivity index (χ2v) is 23.5. The van der Waals surface area contributed by atoms with Gasteiger partial charge in [0.15, 0.2) is 71.5 Å². The van der Waals surface area contributed by atoms with Crippen LogP contribution in [0.3, 0.4) is 0 Å². The number of hydrogen-bond donors (Lipinski definition) is 0. The van der Waals surface area contributed by atoms with Gasteiger partial charge in [-0.25, -0.2) is 16.8 Å². The average molecular weight is 1220 g/mol. The van der Waals surface area contributed by atoms with Gasteiger partial charge in [0.05, 0.1) is 63.6 Å². The first-order valence-corrected chi connectivity index (χ1v) is 32.6. The van der Waals surface area contributed by atoms with Gasteiger partial charge in [0.25, 0.3) is 0 Å². The van der Waals surface area contributed by atoms with E-state index in [1.54, 1.807) is 28.4 Å². The number of pyridine rings is 2. The van der Waals surface area contributed by atoms with Crippen molar-refractivity contribution in [3.63, 3.8) is 0 Å². The molecule has 10 rings (SSSR count). The fourth-order valence-corrected chi connectivity index (χ4v) is 11.7. The Balaban J connectivity index is 0.000000185. The predicted octanol–water partition coefficient (Wildman–Crippen LogP) is 12.1. The molecule has 2 aromatic heterocycles. The fraction of sp³-hybridized carbons (Fsp3) is 0.531. The van der Waals surface area contributed by atoms with Gasteiger partial charge in [-0.2, -0.15) is 9.13 Å². The Morgan fingerprint density at radius 2 is 0.776 bits per heavy atom. The van der Waals surface area contributed by atoms with Crippen LogP contribution in [0.2, 0.25) is 0 Å². The van der Waals surface area contributed by atoms with Crippen LogP contribution in [0.4, 0.5) is 0 Å². The molecule has 0 radical (unpaired) electrons. The second kappa shape index (κ2) is 34.2. The highest BCUT2D eigenvalue weighted by atomic mass is 32.3. The van der Waals surface area contributed by atoms with Crippen molar-refractivity contribution in [3.8, 4) is 68.5 Å². The minimum Gasteiger partial charge on any atom is -0.726 e. The van der Waals surface area contributed by atoms with Crippen LogP contribution in [0, 0.1) is 0 Å². The minimum absolute atomic E-state index is 0. The highest BCUT2D eigenvalue weighted by Gasteiger charge is 2.30. The van der Waals surface area contributed by atoms with E-state index in [0.717, 1.165) is 119 Å². The van der Waals surface area contributed by atoms with Crippen molar-refractivity contribution in [1.82, 2.24) is 0 Å². The highest BCUT2D eigenvalue weighted by Crippen LogP contribution is 2.43. The number of aryl methyl sites for hydroxylation is 4. The van der Waals surface area contributed by atoms with E-state index in [1.165, 1.54) is 124 Å². The average Bonchev–Trinajstić information content (AvgIpc) is 2.71. The molecular formula is C64H88N2O17S2. The van der Waals surface area contributed by atoms with Crippen molar-refractivity contribution in [2.24, 2.45) is 0 Å². The maximum atomic E-state index is 10.1. The van der Waals surface area contributed by atoms with E-state index >= 15 is 0 Å². The molecule has 19 nitrogen and oxygen atoms in total. The number of unbranched alkanes of at least 4 members (excludes halogenated alkanes) is 18. The van der Waals surface area contributed by atoms with Crippen molar-refractivity contribution in [2.75, 3.05) is 55.2 Å². The molecule has 6 heterocycles. The van der Waals surface area contributed by atoms with Gasteiger partial charge in [0.1, 0.15) is 0 Å². The monoisotopic (exact) mass is 1220 g/mol. The van der Waals surface area contributed by atoms with Crippen LogP contribution in [0.25, 0.3) is 44.1 Å². The van der Waals surface area contributed by atoms with Crippen molar-refractivity contribution in [2.45, 2.75) is 168 Å². The van der Waals surface area contributed by atoms with Crippen LogP contribution in [-0.2, 0) is 55.1 Å². The molecule has 0 spiro atoms. The van der Waals surface area contributed by atoms with Crippen LogP contribution in [-0.4, -0.2) is 86.7 Å². The summed E-state index contributed by atoms with van der Waals surface area (Å²) in [7, 11) is -2.29. The zero-order valence-corrected chi connectivity index (χ0v) is 52.1. The molecule has 0 saturated carbocycles. The summed E-state index contributed by atoms with van der Waals surface area (Å²) in [5, 5.41) is 4.34. The van der Waals surface area contributed by atoms with E-state index < -0.39 is 20.8 Å². The van der Waals surface area contributed by atoms with E-state index in [-0.39, 0.29) is 18.7 Å². The van der Waals surface area contributed by atoms with Crippen molar-refractivity contribution < 1.29 is 86.8 Å². The number of benzene rings is 4. The molecule has 0 amide bonds. The summed E-state index contributed by atoms with van der Waals surface area (Å²) in [6, 6.07) is 20.8. The number of aromatic nitrogens is 2. The summed E-state index contributed by atoms with van der Waals surface area (Å²) < 4.78 is 118. The Morgan fingerprint density at radius 3 is 1.09 bits per heavy atom. The Hall–Kier alpha value is -6.20. The molecular weight excluding hydrogens is 1130 g/mol. The summed E-state index contributed by atoms with van der Waals surface area (Å²) >= 11 is 0. The molecule has 0 bridgehead atoms. The van der Waals surface area contributed by atoms with Crippen LogP contribution in [0.15, 0.2) is 73.1 Å². The maximum absolute atomic E-state index is 10.1. The van der Waals surface area contributed by atoms with Crippen molar-refractivity contribution in [1.29, 1.82) is 0 Å². The van der Waals surface area contributed by atoms with Gasteiger partial charge in [-0.3, -0.25) is 8.37 Å². The Kier molecular flexibility index (Phi) is 27.3. The highest BCUT2D eigenvalue weighted by molar-refractivity contribution is 7.81. The largest absolute Gasteiger partial charge is 0.726 e. The first-order chi connectivity index (χ1) is 40.7. The number of rotatable bonds is 28. The van der Waals surface area contributed by atoms with Crippen LogP contribution in [0.5, 0.6) is 46.0 Å². The van der Waals surface area contributed by atoms with Gasteiger partial charge in [0.2, 0.25) is 45.8 Å². The van der Waals surface area contributed by atoms with E-state index in [2.05, 4.69) is 92.3 Å². The smallest absolute Gasteiger partial charge is 0.231 e. The van der Waals surface area contributed by atoms with Gasteiger partial charge >= 0.3 is 0 Å². The van der Waals surface area contributed by atoms with Crippen molar-refractivity contribution >= 4 is 42.3 Å². The number of ether oxygens (including phenoxy) is 8. The zero-order chi connectivity index (χ0) is 59.9. The molecule has 0 saturated heterocycles. The first kappa shape index (κ1) is 67.9. The number of hydrogen-bond acceptors (Lipinski definition) is 16.